The number of benzene rings is 3. The molecule has 3 aromatic carbocycles. The quantitative estimate of drug-likeness (QED) is 0.464. The zero-order chi connectivity index (χ0) is 24.9. The van der Waals surface area contributed by atoms with Crippen LogP contribution in [0.25, 0.3) is 11.1 Å². The van der Waals surface area contributed by atoms with Crippen LogP contribution >= 0.6 is 0 Å². The number of ether oxygens (including phenoxy) is 1. The second kappa shape index (κ2) is 10.4. The van der Waals surface area contributed by atoms with Crippen LogP contribution in [0.4, 0.5) is 10.5 Å². The minimum Gasteiger partial charge on any atom is -0.480 e. The summed E-state index contributed by atoms with van der Waals surface area (Å²) in [5.41, 5.74) is 5.89. The fraction of sp³-hybridized carbons (Fsp3) is 0.250. The molecule has 1 aliphatic rings. The van der Waals surface area contributed by atoms with Gasteiger partial charge in [-0.25, -0.2) is 4.79 Å². The number of nitrogens with zero attached hydrogens (tertiary/aromatic N) is 1. The number of amides is 2. The highest BCUT2D eigenvalue weighted by Crippen LogP contribution is 2.44. The Kier molecular flexibility index (Phi) is 7.15. The number of fused-ring (bicyclic) bond motifs is 3. The Morgan fingerprint density at radius 2 is 1.57 bits per heavy atom. The number of carboxylic acids is 1. The minimum atomic E-state index is -1.07. The van der Waals surface area contributed by atoms with Gasteiger partial charge in [0.1, 0.15) is 13.2 Å². The molecule has 7 heteroatoms. The molecule has 0 unspecified atom stereocenters. The number of carbonyl (C=O) groups excluding carboxylic acids is 2. The van der Waals surface area contributed by atoms with Gasteiger partial charge >= 0.3 is 12.1 Å². The Morgan fingerprint density at radius 1 is 0.943 bits per heavy atom. The Bertz CT molecular complexity index is 1220. The van der Waals surface area contributed by atoms with Crippen molar-refractivity contribution in [1.29, 1.82) is 0 Å². The Hall–Kier alpha value is -4.13. The molecule has 0 saturated heterocycles. The lowest BCUT2D eigenvalue weighted by Gasteiger charge is -2.22. The van der Waals surface area contributed by atoms with E-state index in [0.717, 1.165) is 22.3 Å². The number of aliphatic carboxylic acids is 1. The molecule has 0 atom stereocenters. The Morgan fingerprint density at radius 3 is 2.17 bits per heavy atom. The van der Waals surface area contributed by atoms with Crippen LogP contribution in [-0.2, 0) is 9.53 Å². The van der Waals surface area contributed by atoms with Crippen molar-refractivity contribution in [3.8, 4) is 11.1 Å². The molecule has 4 rings (SSSR count). The van der Waals surface area contributed by atoms with Crippen LogP contribution in [0.3, 0.4) is 0 Å². The molecule has 0 saturated carbocycles. The normalized spacial score (nSPS) is 11.9. The van der Waals surface area contributed by atoms with Crippen LogP contribution in [-0.4, -0.2) is 47.7 Å². The van der Waals surface area contributed by atoms with E-state index in [4.69, 9.17) is 9.84 Å². The van der Waals surface area contributed by atoms with E-state index in [1.165, 1.54) is 4.90 Å². The summed E-state index contributed by atoms with van der Waals surface area (Å²) < 4.78 is 5.61. The van der Waals surface area contributed by atoms with E-state index < -0.39 is 12.1 Å². The maximum Gasteiger partial charge on any atom is 0.411 e. The third-order valence-corrected chi connectivity index (χ3v) is 6.25. The predicted octanol–water partition coefficient (Wildman–Crippen LogP) is 5.29. The molecule has 0 fully saturated rings. The highest BCUT2D eigenvalue weighted by Gasteiger charge is 2.29. The van der Waals surface area contributed by atoms with Crippen LogP contribution in [0.5, 0.6) is 0 Å². The number of carbonyl (C=O) groups is 3. The summed E-state index contributed by atoms with van der Waals surface area (Å²) in [7, 11) is 0. The summed E-state index contributed by atoms with van der Waals surface area (Å²) in [6.45, 7) is 3.73. The first-order valence-electron chi connectivity index (χ1n) is 11.6. The Balaban J connectivity index is 1.47. The van der Waals surface area contributed by atoms with E-state index in [-0.39, 0.29) is 25.0 Å². The molecule has 180 valence electrons. The van der Waals surface area contributed by atoms with Gasteiger partial charge in [-0.05, 0) is 53.3 Å². The van der Waals surface area contributed by atoms with E-state index in [9.17, 15) is 14.4 Å². The van der Waals surface area contributed by atoms with Crippen molar-refractivity contribution in [2.24, 2.45) is 0 Å². The first-order valence-corrected chi connectivity index (χ1v) is 11.6. The lowest BCUT2D eigenvalue weighted by atomic mass is 9.98. The zero-order valence-electron chi connectivity index (χ0n) is 19.8. The van der Waals surface area contributed by atoms with E-state index in [1.54, 1.807) is 25.1 Å². The second-order valence-corrected chi connectivity index (χ2v) is 8.55. The van der Waals surface area contributed by atoms with Gasteiger partial charge in [0.05, 0.1) is 0 Å². The molecule has 0 aliphatic heterocycles. The molecule has 0 heterocycles. The third-order valence-electron chi connectivity index (χ3n) is 6.25. The molecule has 0 spiro atoms. The number of nitrogens with one attached hydrogen (secondary N) is 1. The number of anilines is 1. The molecule has 2 amide bonds. The van der Waals surface area contributed by atoms with Crippen molar-refractivity contribution in [3.05, 3.63) is 89.0 Å². The standard InChI is InChI=1S/C28H28N2O5/c1-3-15-30(16-26(31)32)27(33)19-13-8-14-25(18(19)2)29-28(34)35-17-24-22-11-6-4-9-20(22)21-10-5-7-12-23(21)24/h4-14,24H,3,15-17H2,1-2H3,(H,29,34)(H,31,32). The van der Waals surface area contributed by atoms with Crippen LogP contribution in [0.2, 0.25) is 0 Å². The molecule has 0 bridgehead atoms. The summed E-state index contributed by atoms with van der Waals surface area (Å²) in [5.74, 6) is -1.51. The molecule has 2 N–H and O–H groups in total. The van der Waals surface area contributed by atoms with Crippen molar-refractivity contribution in [1.82, 2.24) is 4.90 Å². The van der Waals surface area contributed by atoms with Crippen molar-refractivity contribution >= 4 is 23.7 Å². The first-order chi connectivity index (χ1) is 16.9. The number of hydrogen-bond donors (Lipinski definition) is 2. The molecule has 0 aromatic heterocycles. The van der Waals surface area contributed by atoms with Crippen LogP contribution in [0.1, 0.15) is 46.3 Å². The number of rotatable bonds is 8. The van der Waals surface area contributed by atoms with Gasteiger partial charge in [-0.2, -0.15) is 0 Å². The van der Waals surface area contributed by atoms with Gasteiger partial charge in [-0.3, -0.25) is 14.9 Å². The topological polar surface area (TPSA) is 95.9 Å². The van der Waals surface area contributed by atoms with Crippen LogP contribution < -0.4 is 5.32 Å². The lowest BCUT2D eigenvalue weighted by molar-refractivity contribution is -0.137. The maximum absolute atomic E-state index is 13.0. The fourth-order valence-corrected chi connectivity index (χ4v) is 4.60. The fourth-order valence-electron chi connectivity index (χ4n) is 4.60. The maximum atomic E-state index is 13.0. The predicted molar refractivity (Wildman–Crippen MR) is 134 cm³/mol. The van der Waals surface area contributed by atoms with Crippen LogP contribution in [0.15, 0.2) is 66.7 Å². The minimum absolute atomic E-state index is 0.0548. The zero-order valence-corrected chi connectivity index (χ0v) is 19.8. The third kappa shape index (κ3) is 5.04. The van der Waals surface area contributed by atoms with Crippen molar-refractivity contribution in [2.75, 3.05) is 25.0 Å². The molecule has 0 radical (unpaired) electrons. The SMILES string of the molecule is CCCN(CC(=O)O)C(=O)c1cccc(NC(=O)OCC2c3ccccc3-c3ccccc32)c1C. The van der Waals surface area contributed by atoms with Gasteiger partial charge in [-0.1, -0.05) is 61.5 Å². The number of hydrogen-bond acceptors (Lipinski definition) is 4. The Labute approximate surface area is 204 Å². The largest absolute Gasteiger partial charge is 0.480 e. The van der Waals surface area contributed by atoms with Gasteiger partial charge in [0, 0.05) is 23.7 Å². The van der Waals surface area contributed by atoms with E-state index in [0.29, 0.717) is 29.8 Å². The molecular formula is C28H28N2O5. The van der Waals surface area contributed by atoms with Gasteiger partial charge in [0.2, 0.25) is 0 Å². The van der Waals surface area contributed by atoms with Crippen molar-refractivity contribution in [2.45, 2.75) is 26.2 Å². The van der Waals surface area contributed by atoms with E-state index in [1.807, 2.05) is 31.2 Å². The molecule has 1 aliphatic carbocycles. The summed E-state index contributed by atoms with van der Waals surface area (Å²) in [6.07, 6.45) is 0.0194. The van der Waals surface area contributed by atoms with Gasteiger partial charge < -0.3 is 14.7 Å². The smallest absolute Gasteiger partial charge is 0.411 e. The molecule has 35 heavy (non-hydrogen) atoms. The van der Waals surface area contributed by atoms with Crippen molar-refractivity contribution in [3.63, 3.8) is 0 Å². The molecule has 3 aromatic rings. The molecular weight excluding hydrogens is 444 g/mol. The average molecular weight is 473 g/mol. The van der Waals surface area contributed by atoms with Crippen molar-refractivity contribution < 1.29 is 24.2 Å². The highest BCUT2D eigenvalue weighted by molar-refractivity contribution is 5.99. The first kappa shape index (κ1) is 24.0. The summed E-state index contributed by atoms with van der Waals surface area (Å²) in [4.78, 5) is 38.2. The summed E-state index contributed by atoms with van der Waals surface area (Å²) in [5, 5.41) is 11.9. The second-order valence-electron chi connectivity index (χ2n) is 8.55. The van der Waals surface area contributed by atoms with Crippen LogP contribution in [0, 0.1) is 6.92 Å². The van der Waals surface area contributed by atoms with Gasteiger partial charge in [-0.15, -0.1) is 0 Å². The molecule has 7 nitrogen and oxygen atoms in total. The van der Waals surface area contributed by atoms with Gasteiger partial charge in [0.25, 0.3) is 5.91 Å². The summed E-state index contributed by atoms with van der Waals surface area (Å²) >= 11 is 0. The monoisotopic (exact) mass is 472 g/mol. The van der Waals surface area contributed by atoms with Gasteiger partial charge in [0.15, 0.2) is 0 Å². The highest BCUT2D eigenvalue weighted by atomic mass is 16.5. The average Bonchev–Trinajstić information content (AvgIpc) is 3.17. The lowest BCUT2D eigenvalue weighted by Crippen LogP contribution is -2.36. The summed E-state index contributed by atoms with van der Waals surface area (Å²) in [6, 6.07) is 21.2. The van der Waals surface area contributed by atoms with E-state index in [2.05, 4.69) is 29.6 Å². The van der Waals surface area contributed by atoms with E-state index >= 15 is 0 Å². The number of carboxylic acid groups (broad SMARTS) is 1.